The van der Waals surface area contributed by atoms with Gasteiger partial charge in [-0.15, -0.1) is 0 Å². The molecule has 0 heterocycles. The van der Waals surface area contributed by atoms with E-state index in [1.165, 1.54) is 25.7 Å². The van der Waals surface area contributed by atoms with Gasteiger partial charge >= 0.3 is 0 Å². The number of thioether (sulfide) groups is 1. The molecule has 0 saturated heterocycles. The molecule has 0 aromatic rings. The number of rotatable bonds is 5. The van der Waals surface area contributed by atoms with Crippen LogP contribution in [-0.2, 0) is 4.74 Å². The molecule has 1 aliphatic carbocycles. The van der Waals surface area contributed by atoms with Crippen LogP contribution in [0.1, 0.15) is 39.5 Å². The second-order valence-electron chi connectivity index (χ2n) is 4.62. The van der Waals surface area contributed by atoms with Crippen molar-refractivity contribution in [2.24, 2.45) is 0 Å². The van der Waals surface area contributed by atoms with Crippen LogP contribution in [0, 0.1) is 0 Å². The van der Waals surface area contributed by atoms with E-state index in [0.29, 0.717) is 18.2 Å². The largest absolute Gasteiger partial charge is 0.380 e. The van der Waals surface area contributed by atoms with Crippen LogP contribution >= 0.6 is 11.8 Å². The van der Waals surface area contributed by atoms with Crippen molar-refractivity contribution in [2.45, 2.75) is 63.0 Å². The first-order valence-electron chi connectivity index (χ1n) is 5.99. The van der Waals surface area contributed by atoms with E-state index in [9.17, 15) is 0 Å². The van der Waals surface area contributed by atoms with Crippen molar-refractivity contribution in [2.75, 3.05) is 13.4 Å². The molecule has 90 valence electrons. The summed E-state index contributed by atoms with van der Waals surface area (Å²) in [7, 11) is 1.79. The third-order valence-electron chi connectivity index (χ3n) is 3.53. The number of methoxy groups -OCH3 is 1. The summed E-state index contributed by atoms with van der Waals surface area (Å²) in [4.78, 5) is 0. The molecule has 0 spiro atoms. The standard InChI is InChI=1S/C12H25NOS/c1-9(10(2)14-3)13-11-6-5-7-12(8-11)15-4/h9-13H,5-8H2,1-4H3. The third-order valence-corrected chi connectivity index (χ3v) is 4.63. The van der Waals surface area contributed by atoms with Crippen LogP contribution in [0.5, 0.6) is 0 Å². The third kappa shape index (κ3) is 4.33. The van der Waals surface area contributed by atoms with E-state index < -0.39 is 0 Å². The Balaban J connectivity index is 2.31. The van der Waals surface area contributed by atoms with Gasteiger partial charge in [0, 0.05) is 24.4 Å². The first-order chi connectivity index (χ1) is 7.17. The Morgan fingerprint density at radius 2 is 2.07 bits per heavy atom. The highest BCUT2D eigenvalue weighted by molar-refractivity contribution is 7.99. The summed E-state index contributed by atoms with van der Waals surface area (Å²) in [6.07, 6.45) is 7.96. The molecule has 2 nitrogen and oxygen atoms in total. The highest BCUT2D eigenvalue weighted by Crippen LogP contribution is 2.27. The molecular weight excluding hydrogens is 206 g/mol. The molecule has 1 rings (SSSR count). The molecule has 0 amide bonds. The number of hydrogen-bond acceptors (Lipinski definition) is 3. The zero-order valence-electron chi connectivity index (χ0n) is 10.5. The normalized spacial score (nSPS) is 31.2. The predicted octanol–water partition coefficient (Wildman–Crippen LogP) is 2.67. The topological polar surface area (TPSA) is 21.3 Å². The Morgan fingerprint density at radius 3 is 2.67 bits per heavy atom. The second-order valence-corrected chi connectivity index (χ2v) is 5.76. The van der Waals surface area contributed by atoms with E-state index in [4.69, 9.17) is 4.74 Å². The summed E-state index contributed by atoms with van der Waals surface area (Å²) >= 11 is 2.02. The SMILES string of the molecule is COC(C)C(C)NC1CCCC(SC)C1. The molecule has 1 saturated carbocycles. The molecule has 1 fully saturated rings. The molecular formula is C12H25NOS. The summed E-state index contributed by atoms with van der Waals surface area (Å²) in [6.45, 7) is 4.35. The van der Waals surface area contributed by atoms with Gasteiger partial charge in [-0.1, -0.05) is 6.42 Å². The van der Waals surface area contributed by atoms with Crippen LogP contribution in [0.3, 0.4) is 0 Å². The minimum absolute atomic E-state index is 0.305. The van der Waals surface area contributed by atoms with Crippen molar-refractivity contribution in [3.05, 3.63) is 0 Å². The molecule has 4 unspecified atom stereocenters. The fourth-order valence-electron chi connectivity index (χ4n) is 2.22. The molecule has 1 aliphatic rings. The minimum Gasteiger partial charge on any atom is -0.380 e. The highest BCUT2D eigenvalue weighted by atomic mass is 32.2. The van der Waals surface area contributed by atoms with Crippen molar-refractivity contribution in [3.63, 3.8) is 0 Å². The van der Waals surface area contributed by atoms with Gasteiger partial charge in [-0.25, -0.2) is 0 Å². The number of hydrogen-bond donors (Lipinski definition) is 1. The average Bonchev–Trinajstić information content (AvgIpc) is 2.28. The summed E-state index contributed by atoms with van der Waals surface area (Å²) < 4.78 is 5.34. The Labute approximate surface area is 98.5 Å². The van der Waals surface area contributed by atoms with Gasteiger partial charge in [0.15, 0.2) is 0 Å². The van der Waals surface area contributed by atoms with Gasteiger partial charge in [0.1, 0.15) is 0 Å². The number of nitrogens with one attached hydrogen (secondary N) is 1. The van der Waals surface area contributed by atoms with E-state index in [-0.39, 0.29) is 0 Å². The molecule has 4 atom stereocenters. The van der Waals surface area contributed by atoms with E-state index in [1.54, 1.807) is 7.11 Å². The lowest BCUT2D eigenvalue weighted by Crippen LogP contribution is -2.45. The van der Waals surface area contributed by atoms with Crippen molar-refractivity contribution in [1.82, 2.24) is 5.32 Å². The van der Waals surface area contributed by atoms with Gasteiger partial charge in [0.05, 0.1) is 6.10 Å². The van der Waals surface area contributed by atoms with Crippen molar-refractivity contribution < 1.29 is 4.74 Å². The Bertz CT molecular complexity index is 177. The summed E-state index contributed by atoms with van der Waals surface area (Å²) in [5.74, 6) is 0. The van der Waals surface area contributed by atoms with E-state index >= 15 is 0 Å². The van der Waals surface area contributed by atoms with E-state index in [2.05, 4.69) is 25.4 Å². The Morgan fingerprint density at radius 1 is 1.33 bits per heavy atom. The van der Waals surface area contributed by atoms with Crippen molar-refractivity contribution in [1.29, 1.82) is 0 Å². The fraction of sp³-hybridized carbons (Fsp3) is 1.00. The fourth-order valence-corrected chi connectivity index (χ4v) is 3.05. The lowest BCUT2D eigenvalue weighted by molar-refractivity contribution is 0.0822. The zero-order valence-corrected chi connectivity index (χ0v) is 11.3. The molecule has 0 aromatic carbocycles. The highest BCUT2D eigenvalue weighted by Gasteiger charge is 2.23. The molecule has 1 N–H and O–H groups in total. The van der Waals surface area contributed by atoms with Gasteiger partial charge in [0.2, 0.25) is 0 Å². The minimum atomic E-state index is 0.305. The first kappa shape index (κ1) is 13.3. The average molecular weight is 231 g/mol. The monoisotopic (exact) mass is 231 g/mol. The van der Waals surface area contributed by atoms with Crippen LogP contribution in [0.2, 0.25) is 0 Å². The lowest BCUT2D eigenvalue weighted by Gasteiger charge is -2.32. The zero-order chi connectivity index (χ0) is 11.3. The summed E-state index contributed by atoms with van der Waals surface area (Å²) in [5.41, 5.74) is 0. The van der Waals surface area contributed by atoms with Gasteiger partial charge in [-0.3, -0.25) is 0 Å². The maximum Gasteiger partial charge on any atom is 0.0693 e. The van der Waals surface area contributed by atoms with Crippen LogP contribution < -0.4 is 5.32 Å². The lowest BCUT2D eigenvalue weighted by atomic mass is 9.94. The van der Waals surface area contributed by atoms with Crippen LogP contribution in [0.25, 0.3) is 0 Å². The summed E-state index contributed by atoms with van der Waals surface area (Å²) in [6, 6.07) is 1.16. The predicted molar refractivity (Wildman–Crippen MR) is 68.6 cm³/mol. The molecule has 0 bridgehead atoms. The van der Waals surface area contributed by atoms with Gasteiger partial charge in [-0.2, -0.15) is 11.8 Å². The first-order valence-corrected chi connectivity index (χ1v) is 7.27. The van der Waals surface area contributed by atoms with Crippen LogP contribution in [0.15, 0.2) is 0 Å². The van der Waals surface area contributed by atoms with Gasteiger partial charge in [-0.05, 0) is 39.4 Å². The van der Waals surface area contributed by atoms with Crippen LogP contribution in [0.4, 0.5) is 0 Å². The quantitative estimate of drug-likeness (QED) is 0.786. The molecule has 3 heteroatoms. The summed E-state index contributed by atoms with van der Waals surface area (Å²) in [5, 5.41) is 4.56. The van der Waals surface area contributed by atoms with Gasteiger partial charge < -0.3 is 10.1 Å². The molecule has 0 radical (unpaired) electrons. The Hall–Kier alpha value is 0.270. The van der Waals surface area contributed by atoms with E-state index in [0.717, 1.165) is 5.25 Å². The molecule has 15 heavy (non-hydrogen) atoms. The van der Waals surface area contributed by atoms with E-state index in [1.807, 2.05) is 11.8 Å². The second kappa shape index (κ2) is 6.77. The van der Waals surface area contributed by atoms with Gasteiger partial charge in [0.25, 0.3) is 0 Å². The van der Waals surface area contributed by atoms with Crippen LogP contribution in [-0.4, -0.2) is 36.8 Å². The Kier molecular flexibility index (Phi) is 6.02. The van der Waals surface area contributed by atoms with Crippen molar-refractivity contribution >= 4 is 11.8 Å². The van der Waals surface area contributed by atoms with Crippen molar-refractivity contribution in [3.8, 4) is 0 Å². The maximum absolute atomic E-state index is 5.34. The molecule has 0 aliphatic heterocycles. The molecule has 0 aromatic heterocycles. The smallest absolute Gasteiger partial charge is 0.0693 e. The maximum atomic E-state index is 5.34. The number of ether oxygens (including phenoxy) is 1.